The molecule has 40 heavy (non-hydrogen) atoms. The van der Waals surface area contributed by atoms with Gasteiger partial charge in [0.25, 0.3) is 11.8 Å². The first-order valence-electron chi connectivity index (χ1n) is 13.0. The second-order valence-corrected chi connectivity index (χ2v) is 9.31. The molecule has 9 nitrogen and oxygen atoms in total. The first-order chi connectivity index (χ1) is 19.2. The Morgan fingerprint density at radius 2 is 1.82 bits per heavy atom. The van der Waals surface area contributed by atoms with Crippen LogP contribution in [0.1, 0.15) is 38.3 Å². The first kappa shape index (κ1) is 28.0. The lowest BCUT2D eigenvalue weighted by Crippen LogP contribution is -2.44. The summed E-state index contributed by atoms with van der Waals surface area (Å²) in [5.41, 5.74) is 4.15. The van der Waals surface area contributed by atoms with E-state index in [9.17, 15) is 19.6 Å². The van der Waals surface area contributed by atoms with E-state index in [2.05, 4.69) is 0 Å². The van der Waals surface area contributed by atoms with Crippen LogP contribution in [-0.2, 0) is 19.1 Å². The number of aryl methyl sites for hydroxylation is 1. The van der Waals surface area contributed by atoms with Gasteiger partial charge >= 0.3 is 5.97 Å². The van der Waals surface area contributed by atoms with E-state index in [4.69, 9.17) is 14.6 Å². The number of para-hydroxylation sites is 1. The molecule has 0 unspecified atom stereocenters. The number of nitriles is 1. The van der Waals surface area contributed by atoms with Gasteiger partial charge in [0.15, 0.2) is 0 Å². The Balaban J connectivity index is 1.84. The predicted octanol–water partition coefficient (Wildman–Crippen LogP) is 4.79. The Morgan fingerprint density at radius 3 is 2.48 bits per heavy atom. The largest absolute Gasteiger partial charge is 0.493 e. The van der Waals surface area contributed by atoms with Gasteiger partial charge in [-0.15, -0.1) is 0 Å². The van der Waals surface area contributed by atoms with Crippen LogP contribution in [0.2, 0.25) is 0 Å². The molecule has 4 rings (SSSR count). The number of carbonyl (C=O) groups excluding carboxylic acids is 3. The molecule has 0 N–H and O–H groups in total. The van der Waals surface area contributed by atoms with Crippen LogP contribution in [0.4, 0.5) is 0 Å². The lowest BCUT2D eigenvalue weighted by Gasteiger charge is -2.27. The molecule has 1 aliphatic heterocycles. The second-order valence-electron chi connectivity index (χ2n) is 9.31. The van der Waals surface area contributed by atoms with Gasteiger partial charge in [0.1, 0.15) is 24.0 Å². The molecule has 0 spiro atoms. The number of rotatable bonds is 9. The fourth-order valence-corrected chi connectivity index (χ4v) is 4.37. The summed E-state index contributed by atoms with van der Waals surface area (Å²) in [4.78, 5) is 38.6. The molecule has 0 atom stereocenters. The van der Waals surface area contributed by atoms with Crippen molar-refractivity contribution in [2.75, 3.05) is 19.8 Å². The maximum Gasteiger partial charge on any atom is 0.302 e. The number of amides is 2. The third-order valence-corrected chi connectivity index (χ3v) is 6.42. The van der Waals surface area contributed by atoms with Crippen LogP contribution in [0.3, 0.4) is 0 Å². The zero-order valence-electron chi connectivity index (χ0n) is 22.9. The van der Waals surface area contributed by atoms with Gasteiger partial charge in [0.2, 0.25) is 0 Å². The smallest absolute Gasteiger partial charge is 0.302 e. The molecule has 0 aliphatic carbocycles. The van der Waals surface area contributed by atoms with E-state index < -0.39 is 17.8 Å². The molecule has 3 aromatic rings. The lowest BCUT2D eigenvalue weighted by molar-refractivity contribution is -0.147. The fraction of sp³-hybridized carbons (Fsp3) is 0.258. The van der Waals surface area contributed by atoms with Crippen molar-refractivity contribution in [1.29, 1.82) is 5.26 Å². The maximum absolute atomic E-state index is 13.5. The van der Waals surface area contributed by atoms with Crippen LogP contribution >= 0.6 is 0 Å². The van der Waals surface area contributed by atoms with Crippen molar-refractivity contribution < 1.29 is 23.9 Å². The van der Waals surface area contributed by atoms with Crippen molar-refractivity contribution in [3.05, 3.63) is 82.6 Å². The molecular weight excluding hydrogens is 508 g/mol. The van der Waals surface area contributed by atoms with E-state index in [1.165, 1.54) is 6.92 Å². The first-order valence-corrected chi connectivity index (χ1v) is 13.0. The number of ether oxygens (including phenoxy) is 2. The minimum atomic E-state index is -0.715. The van der Waals surface area contributed by atoms with Gasteiger partial charge in [-0.3, -0.25) is 19.3 Å². The SMILES string of the molecule is CCCOc1ccc(-c2nn(-c3ccccc3)cc2/C=C2/C(=O)N(CCOC(C)=O)C(=O)C(C#N)=C2C)cc1C. The predicted molar refractivity (Wildman–Crippen MR) is 149 cm³/mol. The van der Waals surface area contributed by atoms with Crippen LogP contribution in [0.25, 0.3) is 23.0 Å². The number of carbonyl (C=O) groups is 3. The highest BCUT2D eigenvalue weighted by molar-refractivity contribution is 6.19. The van der Waals surface area contributed by atoms with Crippen molar-refractivity contribution in [1.82, 2.24) is 14.7 Å². The van der Waals surface area contributed by atoms with Crippen molar-refractivity contribution >= 4 is 23.9 Å². The summed E-state index contributed by atoms with van der Waals surface area (Å²) < 4.78 is 12.5. The lowest BCUT2D eigenvalue weighted by atomic mass is 9.93. The van der Waals surface area contributed by atoms with Crippen LogP contribution in [0.5, 0.6) is 5.75 Å². The standard InChI is InChI=1S/C31H30N4O5/c1-5-14-40-28-12-11-23(16-20(28)2)29-24(19-35(33-29)25-9-7-6-8-10-25)17-26-21(3)27(18-32)31(38)34(30(26)37)13-15-39-22(4)36/h6-12,16-17,19H,5,13-15H2,1-4H3/b26-17+. The highest BCUT2D eigenvalue weighted by Crippen LogP contribution is 2.33. The summed E-state index contributed by atoms with van der Waals surface area (Å²) in [5.74, 6) is -1.03. The Bertz CT molecular complexity index is 1560. The summed E-state index contributed by atoms with van der Waals surface area (Å²) in [6.07, 6.45) is 4.35. The van der Waals surface area contributed by atoms with E-state index in [-0.39, 0.29) is 29.9 Å². The van der Waals surface area contributed by atoms with Gasteiger partial charge in [-0.1, -0.05) is 25.1 Å². The molecule has 2 heterocycles. The molecule has 0 saturated heterocycles. The molecule has 0 radical (unpaired) electrons. The summed E-state index contributed by atoms with van der Waals surface area (Å²) in [6, 6.07) is 17.3. The molecule has 0 bridgehead atoms. The Morgan fingerprint density at radius 1 is 1.07 bits per heavy atom. The normalized spacial score (nSPS) is 14.5. The highest BCUT2D eigenvalue weighted by atomic mass is 16.5. The van der Waals surface area contributed by atoms with Gasteiger partial charge in [-0.25, -0.2) is 4.68 Å². The van der Waals surface area contributed by atoms with Gasteiger partial charge in [0.05, 0.1) is 24.5 Å². The highest BCUT2D eigenvalue weighted by Gasteiger charge is 2.35. The number of aromatic nitrogens is 2. The van der Waals surface area contributed by atoms with Crippen molar-refractivity contribution in [2.24, 2.45) is 0 Å². The average molecular weight is 539 g/mol. The zero-order chi connectivity index (χ0) is 28.8. The summed E-state index contributed by atoms with van der Waals surface area (Å²) in [6.45, 7) is 7.11. The third-order valence-electron chi connectivity index (χ3n) is 6.42. The van der Waals surface area contributed by atoms with E-state index in [0.29, 0.717) is 17.9 Å². The Kier molecular flexibility index (Phi) is 8.60. The van der Waals surface area contributed by atoms with Crippen molar-refractivity contribution in [3.8, 4) is 28.8 Å². The minimum absolute atomic E-state index is 0.140. The molecule has 0 saturated carbocycles. The van der Waals surface area contributed by atoms with E-state index in [1.807, 2.05) is 68.4 Å². The minimum Gasteiger partial charge on any atom is -0.493 e. The monoisotopic (exact) mass is 538 g/mol. The van der Waals surface area contributed by atoms with E-state index >= 15 is 0 Å². The van der Waals surface area contributed by atoms with Crippen LogP contribution < -0.4 is 4.74 Å². The molecule has 1 aromatic heterocycles. The average Bonchev–Trinajstić information content (AvgIpc) is 3.37. The number of hydrogen-bond acceptors (Lipinski definition) is 7. The number of esters is 1. The second kappa shape index (κ2) is 12.3. The summed E-state index contributed by atoms with van der Waals surface area (Å²) >= 11 is 0. The molecular formula is C31H30N4O5. The van der Waals surface area contributed by atoms with Gasteiger partial charge < -0.3 is 9.47 Å². The number of benzene rings is 2. The third kappa shape index (κ3) is 5.86. The van der Waals surface area contributed by atoms with Crippen molar-refractivity contribution in [2.45, 2.75) is 34.1 Å². The molecule has 1 aliphatic rings. The van der Waals surface area contributed by atoms with Gasteiger partial charge in [-0.2, -0.15) is 10.4 Å². The fourth-order valence-electron chi connectivity index (χ4n) is 4.37. The van der Waals surface area contributed by atoms with Crippen LogP contribution in [0, 0.1) is 18.3 Å². The van der Waals surface area contributed by atoms with E-state index in [1.54, 1.807) is 23.9 Å². The topological polar surface area (TPSA) is 115 Å². The number of imide groups is 1. The Hall–Kier alpha value is -4.97. The van der Waals surface area contributed by atoms with E-state index in [0.717, 1.165) is 33.9 Å². The molecule has 2 aromatic carbocycles. The molecule has 0 fully saturated rings. The number of hydrogen-bond donors (Lipinski definition) is 0. The van der Waals surface area contributed by atoms with Crippen LogP contribution in [0.15, 0.2) is 71.4 Å². The maximum atomic E-state index is 13.5. The van der Waals surface area contributed by atoms with Crippen molar-refractivity contribution in [3.63, 3.8) is 0 Å². The van der Waals surface area contributed by atoms with Gasteiger partial charge in [0, 0.05) is 29.8 Å². The molecule has 2 amide bonds. The quantitative estimate of drug-likeness (QED) is 0.219. The number of nitrogens with zero attached hydrogens (tertiary/aromatic N) is 4. The molecule has 204 valence electrons. The summed E-state index contributed by atoms with van der Waals surface area (Å²) in [5, 5.41) is 14.6. The van der Waals surface area contributed by atoms with Crippen LogP contribution in [-0.4, -0.2) is 52.2 Å². The summed E-state index contributed by atoms with van der Waals surface area (Å²) in [7, 11) is 0. The molecule has 9 heteroatoms. The zero-order valence-corrected chi connectivity index (χ0v) is 22.9. The van der Waals surface area contributed by atoms with Gasteiger partial charge in [-0.05, 0) is 67.8 Å². The Labute approximate surface area is 232 Å².